The Balaban J connectivity index is 1.57. The van der Waals surface area contributed by atoms with Gasteiger partial charge < -0.3 is 9.30 Å². The van der Waals surface area contributed by atoms with Crippen molar-refractivity contribution in [2.75, 3.05) is 26.2 Å². The maximum Gasteiger partial charge on any atom is 0.274 e. The number of aromatic nitrogens is 2. The van der Waals surface area contributed by atoms with Crippen LogP contribution in [0.25, 0.3) is 5.65 Å². The highest BCUT2D eigenvalue weighted by molar-refractivity contribution is 6.30. The fraction of sp³-hybridized carbons (Fsp3) is 0.474. The summed E-state index contributed by atoms with van der Waals surface area (Å²) in [5.74, 6) is 0.0179. The first kappa shape index (κ1) is 16.6. The molecule has 6 heteroatoms. The molecule has 1 atom stereocenters. The van der Waals surface area contributed by atoms with Gasteiger partial charge in [0.1, 0.15) is 11.3 Å². The standard InChI is InChI=1S/C19H23ClN4O/c1-2-9-24-11-4-8-19(24)7-3-10-22(14-19)18(25)16-13-23-12-15(20)5-6-17(23)21-16/h2,5-6,12-13H,1,3-4,7-11,14H2. The Bertz CT molecular complexity index is 817. The zero-order chi connectivity index (χ0) is 17.4. The lowest BCUT2D eigenvalue weighted by atomic mass is 9.86. The fourth-order valence-corrected chi connectivity index (χ4v) is 4.58. The summed E-state index contributed by atoms with van der Waals surface area (Å²) in [6.45, 7) is 7.47. The lowest BCUT2D eigenvalue weighted by Crippen LogP contribution is -2.56. The van der Waals surface area contributed by atoms with E-state index >= 15 is 0 Å². The molecule has 1 unspecified atom stereocenters. The molecule has 132 valence electrons. The number of hydrogen-bond acceptors (Lipinski definition) is 3. The van der Waals surface area contributed by atoms with Crippen LogP contribution >= 0.6 is 11.6 Å². The van der Waals surface area contributed by atoms with Gasteiger partial charge in [0.15, 0.2) is 0 Å². The summed E-state index contributed by atoms with van der Waals surface area (Å²) >= 11 is 6.03. The fourth-order valence-electron chi connectivity index (χ4n) is 4.41. The van der Waals surface area contributed by atoms with Crippen LogP contribution in [0.15, 0.2) is 37.2 Å². The molecule has 2 aromatic rings. The molecular weight excluding hydrogens is 336 g/mol. The largest absolute Gasteiger partial charge is 0.335 e. The summed E-state index contributed by atoms with van der Waals surface area (Å²) in [4.78, 5) is 22.0. The van der Waals surface area contributed by atoms with E-state index in [2.05, 4.69) is 16.5 Å². The molecule has 0 saturated carbocycles. The minimum Gasteiger partial charge on any atom is -0.335 e. The number of halogens is 1. The Morgan fingerprint density at radius 3 is 2.88 bits per heavy atom. The van der Waals surface area contributed by atoms with E-state index in [-0.39, 0.29) is 11.4 Å². The second-order valence-corrected chi connectivity index (χ2v) is 7.57. The Kier molecular flexibility index (Phi) is 4.29. The van der Waals surface area contributed by atoms with Crippen molar-refractivity contribution in [2.45, 2.75) is 31.2 Å². The number of pyridine rings is 1. The maximum absolute atomic E-state index is 13.0. The number of piperidine rings is 1. The molecule has 25 heavy (non-hydrogen) atoms. The van der Waals surface area contributed by atoms with Crippen molar-refractivity contribution in [1.29, 1.82) is 0 Å². The number of nitrogens with zero attached hydrogens (tertiary/aromatic N) is 4. The van der Waals surface area contributed by atoms with Gasteiger partial charge in [-0.3, -0.25) is 9.69 Å². The number of likely N-dealkylation sites (tertiary alicyclic amines) is 2. The molecule has 2 aliphatic rings. The molecule has 2 aromatic heterocycles. The van der Waals surface area contributed by atoms with Crippen molar-refractivity contribution in [1.82, 2.24) is 19.2 Å². The normalized spacial score (nSPS) is 24.3. The van der Waals surface area contributed by atoms with Gasteiger partial charge in [-0.1, -0.05) is 17.7 Å². The Morgan fingerprint density at radius 2 is 2.08 bits per heavy atom. The number of rotatable bonds is 3. The predicted octanol–water partition coefficient (Wildman–Crippen LogP) is 3.24. The first-order valence-corrected chi connectivity index (χ1v) is 9.29. The third kappa shape index (κ3) is 2.96. The second kappa shape index (κ2) is 6.46. The molecule has 2 fully saturated rings. The quantitative estimate of drug-likeness (QED) is 0.791. The second-order valence-electron chi connectivity index (χ2n) is 7.13. The van der Waals surface area contributed by atoms with Crippen LogP contribution in [-0.2, 0) is 0 Å². The number of carbonyl (C=O) groups excluding carboxylic acids is 1. The molecule has 1 amide bonds. The number of carbonyl (C=O) groups is 1. The molecule has 0 aliphatic carbocycles. The van der Waals surface area contributed by atoms with Crippen LogP contribution in [0.2, 0.25) is 5.02 Å². The van der Waals surface area contributed by atoms with E-state index in [0.29, 0.717) is 10.7 Å². The van der Waals surface area contributed by atoms with E-state index < -0.39 is 0 Å². The van der Waals surface area contributed by atoms with Crippen molar-refractivity contribution >= 4 is 23.2 Å². The van der Waals surface area contributed by atoms with Crippen LogP contribution in [0.5, 0.6) is 0 Å². The summed E-state index contributed by atoms with van der Waals surface area (Å²) in [7, 11) is 0. The SMILES string of the molecule is C=CCN1CCCC12CCCN(C(=O)c1cn3cc(Cl)ccc3n1)C2. The zero-order valence-corrected chi connectivity index (χ0v) is 15.1. The van der Waals surface area contributed by atoms with E-state index in [1.807, 2.05) is 21.4 Å². The third-order valence-corrected chi connectivity index (χ3v) is 5.79. The summed E-state index contributed by atoms with van der Waals surface area (Å²) in [6, 6.07) is 3.62. The van der Waals surface area contributed by atoms with Gasteiger partial charge in [-0.15, -0.1) is 6.58 Å². The monoisotopic (exact) mass is 358 g/mol. The summed E-state index contributed by atoms with van der Waals surface area (Å²) in [5.41, 5.74) is 1.35. The molecule has 1 spiro atoms. The van der Waals surface area contributed by atoms with Gasteiger partial charge in [0.05, 0.1) is 5.02 Å². The van der Waals surface area contributed by atoms with Gasteiger partial charge in [-0.25, -0.2) is 4.98 Å². The van der Waals surface area contributed by atoms with Gasteiger partial charge in [0, 0.05) is 37.6 Å². The molecule has 5 nitrogen and oxygen atoms in total. The van der Waals surface area contributed by atoms with Gasteiger partial charge >= 0.3 is 0 Å². The number of imidazole rings is 1. The van der Waals surface area contributed by atoms with Crippen LogP contribution in [0.4, 0.5) is 0 Å². The summed E-state index contributed by atoms with van der Waals surface area (Å²) in [6.07, 6.45) is 10.1. The minimum atomic E-state index is 0.0179. The summed E-state index contributed by atoms with van der Waals surface area (Å²) in [5, 5.41) is 0.631. The lowest BCUT2D eigenvalue weighted by Gasteiger charge is -2.45. The number of amides is 1. The van der Waals surface area contributed by atoms with Crippen molar-refractivity contribution < 1.29 is 4.79 Å². The number of fused-ring (bicyclic) bond motifs is 1. The van der Waals surface area contributed by atoms with Crippen molar-refractivity contribution in [3.63, 3.8) is 0 Å². The molecule has 0 radical (unpaired) electrons. The van der Waals surface area contributed by atoms with Crippen LogP contribution < -0.4 is 0 Å². The maximum atomic E-state index is 13.0. The van der Waals surface area contributed by atoms with Crippen LogP contribution in [0.3, 0.4) is 0 Å². The Hall–Kier alpha value is -1.85. The van der Waals surface area contributed by atoms with Gasteiger partial charge in [-0.05, 0) is 44.4 Å². The molecule has 0 aromatic carbocycles. The van der Waals surface area contributed by atoms with Crippen molar-refractivity contribution in [3.8, 4) is 0 Å². The Morgan fingerprint density at radius 1 is 1.28 bits per heavy atom. The zero-order valence-electron chi connectivity index (χ0n) is 14.3. The lowest BCUT2D eigenvalue weighted by molar-refractivity contribution is 0.0363. The molecule has 2 saturated heterocycles. The average Bonchev–Trinajstić information content (AvgIpc) is 3.19. The predicted molar refractivity (Wildman–Crippen MR) is 99.1 cm³/mol. The Labute approximate surface area is 152 Å². The van der Waals surface area contributed by atoms with E-state index in [4.69, 9.17) is 11.6 Å². The smallest absolute Gasteiger partial charge is 0.274 e. The molecular formula is C19H23ClN4O. The number of hydrogen-bond donors (Lipinski definition) is 0. The molecule has 2 aliphatic heterocycles. The topological polar surface area (TPSA) is 40.9 Å². The van der Waals surface area contributed by atoms with Crippen LogP contribution in [-0.4, -0.2) is 56.8 Å². The summed E-state index contributed by atoms with van der Waals surface area (Å²) < 4.78 is 1.81. The highest BCUT2D eigenvalue weighted by atomic mass is 35.5. The molecule has 4 rings (SSSR count). The van der Waals surface area contributed by atoms with E-state index in [1.165, 1.54) is 6.42 Å². The van der Waals surface area contributed by atoms with Crippen molar-refractivity contribution in [2.24, 2.45) is 0 Å². The first-order valence-electron chi connectivity index (χ1n) is 8.91. The average molecular weight is 359 g/mol. The molecule has 0 N–H and O–H groups in total. The highest BCUT2D eigenvalue weighted by Crippen LogP contribution is 2.37. The van der Waals surface area contributed by atoms with Crippen LogP contribution in [0.1, 0.15) is 36.2 Å². The van der Waals surface area contributed by atoms with Crippen LogP contribution in [0, 0.1) is 0 Å². The van der Waals surface area contributed by atoms with Gasteiger partial charge in [0.2, 0.25) is 0 Å². The van der Waals surface area contributed by atoms with E-state index in [0.717, 1.165) is 51.1 Å². The molecule has 0 bridgehead atoms. The van der Waals surface area contributed by atoms with Gasteiger partial charge in [0.25, 0.3) is 5.91 Å². The molecule has 4 heterocycles. The first-order chi connectivity index (χ1) is 12.1. The van der Waals surface area contributed by atoms with Gasteiger partial charge in [-0.2, -0.15) is 0 Å². The minimum absolute atomic E-state index is 0.0179. The highest BCUT2D eigenvalue weighted by Gasteiger charge is 2.44. The third-order valence-electron chi connectivity index (χ3n) is 5.57. The van der Waals surface area contributed by atoms with E-state index in [1.54, 1.807) is 18.5 Å². The van der Waals surface area contributed by atoms with Crippen molar-refractivity contribution in [3.05, 3.63) is 47.9 Å². The van der Waals surface area contributed by atoms with E-state index in [9.17, 15) is 4.79 Å².